The Morgan fingerprint density at radius 1 is 1.62 bits per heavy atom. The van der Waals surface area contributed by atoms with Gasteiger partial charge in [-0.2, -0.15) is 5.10 Å². The Morgan fingerprint density at radius 2 is 2.38 bits per heavy atom. The average molecular weight is 246 g/mol. The van der Waals surface area contributed by atoms with Crippen LogP contribution in [0, 0.1) is 6.92 Å². The molecule has 92 valence electrons. The fourth-order valence-electron chi connectivity index (χ4n) is 1.62. The van der Waals surface area contributed by atoms with E-state index >= 15 is 0 Å². The summed E-state index contributed by atoms with van der Waals surface area (Å²) >= 11 is 5.83. The van der Waals surface area contributed by atoms with Crippen LogP contribution in [0.15, 0.2) is 6.07 Å². The predicted octanol–water partition coefficient (Wildman–Crippen LogP) is 1.55. The highest BCUT2D eigenvalue weighted by molar-refractivity contribution is 6.18. The van der Waals surface area contributed by atoms with Crippen LogP contribution in [0.3, 0.4) is 0 Å². The molecule has 0 spiro atoms. The van der Waals surface area contributed by atoms with Crippen LogP contribution in [0.4, 0.5) is 0 Å². The van der Waals surface area contributed by atoms with Crippen molar-refractivity contribution in [2.24, 2.45) is 0 Å². The summed E-state index contributed by atoms with van der Waals surface area (Å²) in [6.07, 6.45) is 0. The number of nitrogens with one attached hydrogen (secondary N) is 1. The van der Waals surface area contributed by atoms with Crippen LogP contribution < -0.4 is 5.32 Å². The molecule has 0 amide bonds. The number of halogens is 1. The zero-order valence-electron chi connectivity index (χ0n) is 10.2. The van der Waals surface area contributed by atoms with Crippen molar-refractivity contribution >= 4 is 11.6 Å². The molecule has 1 N–H and O–H groups in total. The molecule has 0 aliphatic heterocycles. The van der Waals surface area contributed by atoms with E-state index in [1.807, 2.05) is 11.6 Å². The minimum Gasteiger partial charge on any atom is -0.383 e. The molecule has 0 fully saturated rings. The van der Waals surface area contributed by atoms with Crippen molar-refractivity contribution in [3.05, 3.63) is 17.5 Å². The van der Waals surface area contributed by atoms with Gasteiger partial charge in [0.15, 0.2) is 0 Å². The first-order chi connectivity index (χ1) is 7.71. The molecule has 1 unspecified atom stereocenters. The number of ether oxygens (including phenoxy) is 1. The van der Waals surface area contributed by atoms with Crippen LogP contribution in [0.2, 0.25) is 0 Å². The Kier molecular flexibility index (Phi) is 5.80. The average Bonchev–Trinajstić information content (AvgIpc) is 2.65. The minimum absolute atomic E-state index is 0.187. The van der Waals surface area contributed by atoms with Gasteiger partial charge in [-0.15, -0.1) is 11.6 Å². The van der Waals surface area contributed by atoms with Gasteiger partial charge < -0.3 is 10.1 Å². The zero-order chi connectivity index (χ0) is 12.0. The van der Waals surface area contributed by atoms with E-state index < -0.39 is 0 Å². The van der Waals surface area contributed by atoms with Crippen molar-refractivity contribution in [3.63, 3.8) is 0 Å². The van der Waals surface area contributed by atoms with Gasteiger partial charge in [0.2, 0.25) is 0 Å². The number of hydrogen-bond donors (Lipinski definition) is 1. The second-order valence-corrected chi connectivity index (χ2v) is 4.09. The predicted molar refractivity (Wildman–Crippen MR) is 65.9 cm³/mol. The van der Waals surface area contributed by atoms with Crippen LogP contribution in [-0.4, -0.2) is 35.4 Å². The van der Waals surface area contributed by atoms with Crippen molar-refractivity contribution in [2.45, 2.75) is 33.0 Å². The molecule has 0 aliphatic rings. The Hall–Kier alpha value is -0.580. The SMILES string of the molecule is CCn1nc(C)cc1CNC(CCl)COC. The third kappa shape index (κ3) is 3.77. The third-order valence-corrected chi connectivity index (χ3v) is 2.78. The van der Waals surface area contributed by atoms with E-state index in [4.69, 9.17) is 16.3 Å². The quantitative estimate of drug-likeness (QED) is 0.741. The van der Waals surface area contributed by atoms with E-state index in [9.17, 15) is 0 Å². The maximum Gasteiger partial charge on any atom is 0.0627 e. The molecule has 5 heteroatoms. The Labute approximate surface area is 102 Å². The highest BCUT2D eigenvalue weighted by Gasteiger charge is 2.08. The smallest absolute Gasteiger partial charge is 0.0627 e. The summed E-state index contributed by atoms with van der Waals surface area (Å²) in [6, 6.07) is 2.28. The number of nitrogens with zero attached hydrogens (tertiary/aromatic N) is 2. The van der Waals surface area contributed by atoms with Crippen LogP contribution >= 0.6 is 11.6 Å². The van der Waals surface area contributed by atoms with Gasteiger partial charge in [-0.05, 0) is 19.9 Å². The Morgan fingerprint density at radius 3 is 2.94 bits per heavy atom. The zero-order valence-corrected chi connectivity index (χ0v) is 10.9. The minimum atomic E-state index is 0.187. The van der Waals surface area contributed by atoms with Gasteiger partial charge in [-0.1, -0.05) is 0 Å². The van der Waals surface area contributed by atoms with Gasteiger partial charge in [0.1, 0.15) is 0 Å². The van der Waals surface area contributed by atoms with Gasteiger partial charge in [0.05, 0.1) is 18.0 Å². The summed E-state index contributed by atoms with van der Waals surface area (Å²) in [5.74, 6) is 0.549. The molecule has 0 bridgehead atoms. The molecular formula is C11H20ClN3O. The summed E-state index contributed by atoms with van der Waals surface area (Å²) in [6.45, 7) is 6.38. The summed E-state index contributed by atoms with van der Waals surface area (Å²) in [7, 11) is 1.68. The van der Waals surface area contributed by atoms with Gasteiger partial charge in [0, 0.05) is 32.1 Å². The molecule has 1 heterocycles. The van der Waals surface area contributed by atoms with Gasteiger partial charge in [-0.25, -0.2) is 0 Å². The standard InChI is InChI=1S/C11H20ClN3O/c1-4-15-11(5-9(2)14-15)7-13-10(6-12)8-16-3/h5,10,13H,4,6-8H2,1-3H3. The Balaban J connectivity index is 2.52. The number of aromatic nitrogens is 2. The molecule has 1 rings (SSSR count). The summed E-state index contributed by atoms with van der Waals surface area (Å²) in [4.78, 5) is 0. The molecule has 16 heavy (non-hydrogen) atoms. The highest BCUT2D eigenvalue weighted by Crippen LogP contribution is 2.04. The molecule has 1 atom stereocenters. The van der Waals surface area contributed by atoms with Crippen LogP contribution in [0.25, 0.3) is 0 Å². The van der Waals surface area contributed by atoms with E-state index in [2.05, 4.69) is 23.4 Å². The van der Waals surface area contributed by atoms with E-state index in [-0.39, 0.29) is 6.04 Å². The monoisotopic (exact) mass is 245 g/mol. The topological polar surface area (TPSA) is 39.1 Å². The van der Waals surface area contributed by atoms with Crippen molar-refractivity contribution in [1.82, 2.24) is 15.1 Å². The van der Waals surface area contributed by atoms with Gasteiger partial charge in [-0.3, -0.25) is 4.68 Å². The molecule has 0 aliphatic carbocycles. The van der Waals surface area contributed by atoms with E-state index in [1.54, 1.807) is 7.11 Å². The number of hydrogen-bond acceptors (Lipinski definition) is 3. The number of rotatable bonds is 7. The van der Waals surface area contributed by atoms with Crippen LogP contribution in [0.1, 0.15) is 18.3 Å². The molecule has 1 aromatic heterocycles. The van der Waals surface area contributed by atoms with Crippen LogP contribution in [0.5, 0.6) is 0 Å². The second kappa shape index (κ2) is 6.89. The first-order valence-corrected chi connectivity index (χ1v) is 6.06. The second-order valence-electron chi connectivity index (χ2n) is 3.78. The van der Waals surface area contributed by atoms with Crippen molar-refractivity contribution in [2.75, 3.05) is 19.6 Å². The van der Waals surface area contributed by atoms with Gasteiger partial charge in [0.25, 0.3) is 0 Å². The maximum absolute atomic E-state index is 5.83. The number of aryl methyl sites for hydroxylation is 2. The summed E-state index contributed by atoms with van der Waals surface area (Å²) in [5, 5.41) is 7.75. The molecule has 0 aromatic carbocycles. The third-order valence-electron chi connectivity index (χ3n) is 2.41. The number of methoxy groups -OCH3 is 1. The first kappa shape index (κ1) is 13.5. The summed E-state index contributed by atoms with van der Waals surface area (Å²) < 4.78 is 7.08. The first-order valence-electron chi connectivity index (χ1n) is 5.52. The summed E-state index contributed by atoms with van der Waals surface area (Å²) in [5.41, 5.74) is 2.24. The fourth-order valence-corrected chi connectivity index (χ4v) is 1.82. The van der Waals surface area contributed by atoms with Crippen molar-refractivity contribution in [3.8, 4) is 0 Å². The lowest BCUT2D eigenvalue weighted by molar-refractivity contribution is 0.172. The number of alkyl halides is 1. The highest BCUT2D eigenvalue weighted by atomic mass is 35.5. The Bertz CT molecular complexity index is 314. The van der Waals surface area contributed by atoms with Crippen molar-refractivity contribution in [1.29, 1.82) is 0 Å². The maximum atomic E-state index is 5.83. The van der Waals surface area contributed by atoms with E-state index in [0.717, 1.165) is 18.8 Å². The molecule has 4 nitrogen and oxygen atoms in total. The van der Waals surface area contributed by atoms with E-state index in [0.29, 0.717) is 12.5 Å². The molecule has 0 saturated carbocycles. The van der Waals surface area contributed by atoms with Gasteiger partial charge >= 0.3 is 0 Å². The largest absolute Gasteiger partial charge is 0.383 e. The van der Waals surface area contributed by atoms with E-state index in [1.165, 1.54) is 5.69 Å². The molecular weight excluding hydrogens is 226 g/mol. The molecule has 0 radical (unpaired) electrons. The lowest BCUT2D eigenvalue weighted by atomic mass is 10.3. The molecule has 1 aromatic rings. The normalized spacial score (nSPS) is 13.0. The van der Waals surface area contributed by atoms with Crippen LogP contribution in [-0.2, 0) is 17.8 Å². The lowest BCUT2D eigenvalue weighted by Gasteiger charge is -2.15. The molecule has 0 saturated heterocycles. The lowest BCUT2D eigenvalue weighted by Crippen LogP contribution is -2.34. The van der Waals surface area contributed by atoms with Crippen molar-refractivity contribution < 1.29 is 4.74 Å². The fraction of sp³-hybridized carbons (Fsp3) is 0.727.